The Morgan fingerprint density at radius 1 is 1.42 bits per heavy atom. The molecule has 2 rings (SSSR count). The highest BCUT2D eigenvalue weighted by Gasteiger charge is 2.23. The molecule has 0 radical (unpaired) electrons. The highest BCUT2D eigenvalue weighted by molar-refractivity contribution is 7.89. The van der Waals surface area contributed by atoms with E-state index in [1.807, 2.05) is 0 Å². The zero-order valence-electron chi connectivity index (χ0n) is 11.6. The van der Waals surface area contributed by atoms with Crippen LogP contribution in [0.5, 0.6) is 0 Å². The molecule has 0 spiro atoms. The summed E-state index contributed by atoms with van der Waals surface area (Å²) in [5, 5.41) is 0. The van der Waals surface area contributed by atoms with Crippen molar-refractivity contribution in [2.45, 2.75) is 20.3 Å². The number of hydrogen-bond donors (Lipinski definition) is 1. The number of sulfonamides is 1. The number of aryl methyl sites for hydroxylation is 1. The fourth-order valence-corrected chi connectivity index (χ4v) is 3.10. The molecule has 19 heavy (non-hydrogen) atoms. The van der Waals surface area contributed by atoms with Gasteiger partial charge in [0.25, 0.3) is 0 Å². The van der Waals surface area contributed by atoms with Gasteiger partial charge in [0.15, 0.2) is 0 Å². The first kappa shape index (κ1) is 14.3. The van der Waals surface area contributed by atoms with E-state index in [1.165, 1.54) is 11.3 Å². The molecule has 1 aromatic carbocycles. The van der Waals surface area contributed by atoms with Gasteiger partial charge in [0.2, 0.25) is 10.0 Å². The maximum atomic E-state index is 11.4. The quantitative estimate of drug-likeness (QED) is 0.895. The van der Waals surface area contributed by atoms with Crippen LogP contribution in [0.1, 0.15) is 18.9 Å². The van der Waals surface area contributed by atoms with E-state index in [-0.39, 0.29) is 5.75 Å². The number of nitrogens with one attached hydrogen (secondary N) is 1. The van der Waals surface area contributed by atoms with Crippen LogP contribution in [-0.4, -0.2) is 33.8 Å². The molecule has 5 heteroatoms. The highest BCUT2D eigenvalue weighted by atomic mass is 32.2. The molecule has 0 aliphatic carbocycles. The summed E-state index contributed by atoms with van der Waals surface area (Å²) in [6, 6.07) is 8.45. The van der Waals surface area contributed by atoms with E-state index < -0.39 is 10.0 Å². The Balaban J connectivity index is 1.90. The molecular weight excluding hydrogens is 260 g/mol. The van der Waals surface area contributed by atoms with Crippen molar-refractivity contribution >= 4 is 15.7 Å². The lowest BCUT2D eigenvalue weighted by molar-refractivity contribution is 0.542. The Morgan fingerprint density at radius 2 is 2.21 bits per heavy atom. The number of hydrogen-bond acceptors (Lipinski definition) is 3. The molecule has 0 amide bonds. The van der Waals surface area contributed by atoms with Crippen molar-refractivity contribution in [2.75, 3.05) is 30.3 Å². The molecule has 106 valence electrons. The lowest BCUT2D eigenvalue weighted by Crippen LogP contribution is -2.32. The lowest BCUT2D eigenvalue weighted by Gasteiger charge is -2.19. The molecule has 0 aromatic heterocycles. The van der Waals surface area contributed by atoms with Gasteiger partial charge in [-0.25, -0.2) is 13.1 Å². The Kier molecular flexibility index (Phi) is 4.47. The van der Waals surface area contributed by atoms with Crippen molar-refractivity contribution in [2.24, 2.45) is 5.92 Å². The first-order valence-corrected chi connectivity index (χ1v) is 8.44. The number of anilines is 1. The van der Waals surface area contributed by atoms with Gasteiger partial charge < -0.3 is 4.90 Å². The van der Waals surface area contributed by atoms with Crippen LogP contribution < -0.4 is 9.62 Å². The van der Waals surface area contributed by atoms with Gasteiger partial charge in [0, 0.05) is 25.3 Å². The zero-order valence-corrected chi connectivity index (χ0v) is 12.4. The summed E-state index contributed by atoms with van der Waals surface area (Å²) in [6.45, 7) is 6.23. The first-order chi connectivity index (χ1) is 9.00. The van der Waals surface area contributed by atoms with Crippen LogP contribution in [-0.2, 0) is 10.0 Å². The molecule has 1 heterocycles. The monoisotopic (exact) mass is 282 g/mol. The minimum atomic E-state index is -3.06. The van der Waals surface area contributed by atoms with Gasteiger partial charge in [-0.15, -0.1) is 0 Å². The van der Waals surface area contributed by atoms with Crippen molar-refractivity contribution < 1.29 is 8.42 Å². The molecule has 1 aromatic rings. The summed E-state index contributed by atoms with van der Waals surface area (Å²) in [5.41, 5.74) is 2.49. The predicted octanol–water partition coefficient (Wildman–Crippen LogP) is 1.76. The molecule has 0 saturated carbocycles. The molecule has 1 aliphatic heterocycles. The average Bonchev–Trinajstić information content (AvgIpc) is 2.85. The highest BCUT2D eigenvalue weighted by Crippen LogP contribution is 2.24. The Morgan fingerprint density at radius 3 is 2.89 bits per heavy atom. The van der Waals surface area contributed by atoms with Crippen LogP contribution in [0.3, 0.4) is 0 Å². The summed E-state index contributed by atoms with van der Waals surface area (Å²) in [6.07, 6.45) is 1.04. The van der Waals surface area contributed by atoms with Crippen molar-refractivity contribution in [3.63, 3.8) is 0 Å². The SMILES string of the molecule is CCS(=O)(=O)NCC1CCN(c2cccc(C)c2)C1. The molecule has 1 atom stereocenters. The van der Waals surface area contributed by atoms with Gasteiger partial charge in [-0.2, -0.15) is 0 Å². The molecular formula is C14H22N2O2S. The summed E-state index contributed by atoms with van der Waals surface area (Å²) in [7, 11) is -3.06. The van der Waals surface area contributed by atoms with Crippen molar-refractivity contribution in [3.05, 3.63) is 29.8 Å². The fraction of sp³-hybridized carbons (Fsp3) is 0.571. The van der Waals surface area contributed by atoms with E-state index in [1.54, 1.807) is 6.92 Å². The van der Waals surface area contributed by atoms with Gasteiger partial charge >= 0.3 is 0 Å². The Hall–Kier alpha value is -1.07. The van der Waals surface area contributed by atoms with Gasteiger partial charge in [-0.3, -0.25) is 0 Å². The average molecular weight is 282 g/mol. The van der Waals surface area contributed by atoms with E-state index in [0.29, 0.717) is 12.5 Å². The standard InChI is InChI=1S/C14H22N2O2S/c1-3-19(17,18)15-10-13-7-8-16(11-13)14-6-4-5-12(2)9-14/h4-6,9,13,15H,3,7-8,10-11H2,1-2H3. The second kappa shape index (κ2) is 5.92. The van der Waals surface area contributed by atoms with Crippen molar-refractivity contribution in [1.82, 2.24) is 4.72 Å². The second-order valence-corrected chi connectivity index (χ2v) is 7.29. The summed E-state index contributed by atoms with van der Waals surface area (Å²) < 4.78 is 25.5. The van der Waals surface area contributed by atoms with Crippen LogP contribution in [0, 0.1) is 12.8 Å². The molecule has 1 aliphatic rings. The predicted molar refractivity (Wildman–Crippen MR) is 79.0 cm³/mol. The van der Waals surface area contributed by atoms with E-state index >= 15 is 0 Å². The van der Waals surface area contributed by atoms with Crippen LogP contribution in [0.2, 0.25) is 0 Å². The normalized spacial score (nSPS) is 19.9. The largest absolute Gasteiger partial charge is 0.371 e. The fourth-order valence-electron chi connectivity index (χ4n) is 2.41. The topological polar surface area (TPSA) is 49.4 Å². The lowest BCUT2D eigenvalue weighted by atomic mass is 10.1. The molecule has 1 fully saturated rings. The smallest absolute Gasteiger partial charge is 0.211 e. The third kappa shape index (κ3) is 3.94. The maximum absolute atomic E-state index is 11.4. The zero-order chi connectivity index (χ0) is 13.9. The Labute approximate surface area is 115 Å². The van der Waals surface area contributed by atoms with Crippen molar-refractivity contribution in [3.8, 4) is 0 Å². The van der Waals surface area contributed by atoms with Gasteiger partial charge in [0.05, 0.1) is 5.75 Å². The number of rotatable bonds is 5. The van der Waals surface area contributed by atoms with Crippen LogP contribution in [0.4, 0.5) is 5.69 Å². The number of benzene rings is 1. The van der Waals surface area contributed by atoms with Gasteiger partial charge in [-0.1, -0.05) is 12.1 Å². The molecule has 1 saturated heterocycles. The van der Waals surface area contributed by atoms with Crippen molar-refractivity contribution in [1.29, 1.82) is 0 Å². The third-order valence-corrected chi connectivity index (χ3v) is 4.99. The van der Waals surface area contributed by atoms with Crippen LogP contribution in [0.15, 0.2) is 24.3 Å². The maximum Gasteiger partial charge on any atom is 0.211 e. The molecule has 0 bridgehead atoms. The summed E-state index contributed by atoms with van der Waals surface area (Å²) >= 11 is 0. The minimum absolute atomic E-state index is 0.154. The van der Waals surface area contributed by atoms with Crippen LogP contribution in [0.25, 0.3) is 0 Å². The Bertz CT molecular complexity index is 528. The third-order valence-electron chi connectivity index (χ3n) is 3.62. The minimum Gasteiger partial charge on any atom is -0.371 e. The summed E-state index contributed by atoms with van der Waals surface area (Å²) in [5.74, 6) is 0.559. The van der Waals surface area contributed by atoms with E-state index in [4.69, 9.17) is 0 Å². The molecule has 1 N–H and O–H groups in total. The van der Waals surface area contributed by atoms with E-state index in [2.05, 4.69) is 40.8 Å². The van der Waals surface area contributed by atoms with Gasteiger partial charge in [0.1, 0.15) is 0 Å². The number of nitrogens with zero attached hydrogens (tertiary/aromatic N) is 1. The second-order valence-electron chi connectivity index (χ2n) is 5.19. The van der Waals surface area contributed by atoms with E-state index in [9.17, 15) is 8.42 Å². The molecule has 1 unspecified atom stereocenters. The van der Waals surface area contributed by atoms with E-state index in [0.717, 1.165) is 19.5 Å². The van der Waals surface area contributed by atoms with Gasteiger partial charge in [-0.05, 0) is 43.9 Å². The first-order valence-electron chi connectivity index (χ1n) is 6.79. The van der Waals surface area contributed by atoms with Crippen LogP contribution >= 0.6 is 0 Å². The molecule has 4 nitrogen and oxygen atoms in total. The summed E-state index contributed by atoms with van der Waals surface area (Å²) in [4.78, 5) is 2.33.